The van der Waals surface area contributed by atoms with Gasteiger partial charge in [0.1, 0.15) is 24.4 Å². The number of ether oxygens (including phenoxy) is 1. The molecule has 2 heterocycles. The Labute approximate surface area is 184 Å². The highest BCUT2D eigenvalue weighted by Crippen LogP contribution is 2.19. The van der Waals surface area contributed by atoms with Gasteiger partial charge < -0.3 is 9.15 Å². The summed E-state index contributed by atoms with van der Waals surface area (Å²) in [5.41, 5.74) is 3.34. The molecule has 0 atom stereocenters. The second-order valence-corrected chi connectivity index (χ2v) is 7.59. The number of halogens is 1. The minimum Gasteiger partial charge on any atom is -0.486 e. The summed E-state index contributed by atoms with van der Waals surface area (Å²) in [7, 11) is 0. The van der Waals surface area contributed by atoms with Crippen molar-refractivity contribution >= 4 is 23.5 Å². The number of carbonyl (C=O) groups is 1. The standard InChI is InChI=1S/C23H21ClN4O3/c1-15-6-7-19(10-16(15)2)30-13-20-8-9-21(31-20)22(29)26-23-25-14-28(27-23)12-17-4-3-5-18(24)11-17/h3-11,14H,12-13H2,1-2H3,(H,26,27,29). The van der Waals surface area contributed by atoms with Crippen LogP contribution in [0.2, 0.25) is 5.02 Å². The fraction of sp³-hybridized carbons (Fsp3) is 0.174. The summed E-state index contributed by atoms with van der Waals surface area (Å²) in [6.45, 7) is 4.79. The Balaban J connectivity index is 1.33. The van der Waals surface area contributed by atoms with Crippen LogP contribution < -0.4 is 10.1 Å². The van der Waals surface area contributed by atoms with Crippen molar-refractivity contribution in [3.8, 4) is 5.75 Å². The maximum atomic E-state index is 12.4. The number of hydrogen-bond donors (Lipinski definition) is 1. The van der Waals surface area contributed by atoms with Crippen LogP contribution in [0.25, 0.3) is 0 Å². The van der Waals surface area contributed by atoms with Gasteiger partial charge in [0.25, 0.3) is 5.91 Å². The van der Waals surface area contributed by atoms with Crippen LogP contribution in [0.15, 0.2) is 65.3 Å². The third kappa shape index (κ3) is 5.32. The molecule has 0 aliphatic carbocycles. The predicted molar refractivity (Wildman–Crippen MR) is 117 cm³/mol. The van der Waals surface area contributed by atoms with E-state index in [9.17, 15) is 4.79 Å². The fourth-order valence-electron chi connectivity index (χ4n) is 2.95. The van der Waals surface area contributed by atoms with Gasteiger partial charge in [-0.2, -0.15) is 0 Å². The summed E-state index contributed by atoms with van der Waals surface area (Å²) < 4.78 is 13.0. The number of rotatable bonds is 7. The van der Waals surface area contributed by atoms with Gasteiger partial charge in [-0.1, -0.05) is 29.8 Å². The number of amides is 1. The lowest BCUT2D eigenvalue weighted by Crippen LogP contribution is -2.12. The van der Waals surface area contributed by atoms with Gasteiger partial charge >= 0.3 is 0 Å². The van der Waals surface area contributed by atoms with Crippen molar-refractivity contribution in [2.75, 3.05) is 5.32 Å². The van der Waals surface area contributed by atoms with Gasteiger partial charge in [0.2, 0.25) is 5.95 Å². The van der Waals surface area contributed by atoms with E-state index < -0.39 is 5.91 Å². The van der Waals surface area contributed by atoms with Crippen molar-refractivity contribution in [1.82, 2.24) is 14.8 Å². The van der Waals surface area contributed by atoms with Crippen LogP contribution >= 0.6 is 11.6 Å². The molecule has 0 aliphatic heterocycles. The van der Waals surface area contributed by atoms with Crippen molar-refractivity contribution in [2.45, 2.75) is 27.0 Å². The zero-order valence-corrected chi connectivity index (χ0v) is 17.9. The Bertz CT molecular complexity index is 1220. The molecule has 2 aromatic carbocycles. The first kappa shape index (κ1) is 20.7. The third-order valence-electron chi connectivity index (χ3n) is 4.74. The number of nitrogens with one attached hydrogen (secondary N) is 1. The number of furan rings is 1. The number of carbonyl (C=O) groups excluding carboxylic acids is 1. The minimum absolute atomic E-state index is 0.157. The van der Waals surface area contributed by atoms with E-state index in [1.165, 1.54) is 5.56 Å². The minimum atomic E-state index is -0.432. The van der Waals surface area contributed by atoms with Crippen LogP contribution in [0.3, 0.4) is 0 Å². The molecule has 1 amide bonds. The normalized spacial score (nSPS) is 10.8. The molecular formula is C23H21ClN4O3. The van der Waals surface area contributed by atoms with E-state index in [-0.39, 0.29) is 18.3 Å². The van der Waals surface area contributed by atoms with E-state index in [1.54, 1.807) is 23.1 Å². The maximum Gasteiger partial charge on any atom is 0.293 e. The molecule has 8 heteroatoms. The lowest BCUT2D eigenvalue weighted by atomic mass is 10.1. The molecule has 0 bridgehead atoms. The van der Waals surface area contributed by atoms with Gasteiger partial charge in [-0.05, 0) is 66.9 Å². The maximum absolute atomic E-state index is 12.4. The Morgan fingerprint density at radius 2 is 2.00 bits per heavy atom. The van der Waals surface area contributed by atoms with Crippen LogP contribution in [-0.4, -0.2) is 20.7 Å². The second kappa shape index (κ2) is 9.06. The highest BCUT2D eigenvalue weighted by atomic mass is 35.5. The smallest absolute Gasteiger partial charge is 0.293 e. The Kier molecular flexibility index (Phi) is 6.04. The quantitative estimate of drug-likeness (QED) is 0.439. The first-order valence-corrected chi connectivity index (χ1v) is 10.1. The number of benzene rings is 2. The van der Waals surface area contributed by atoms with Crippen LogP contribution in [0.1, 0.15) is 33.0 Å². The molecule has 0 unspecified atom stereocenters. The van der Waals surface area contributed by atoms with Gasteiger partial charge in [0.15, 0.2) is 5.76 Å². The Hall–Kier alpha value is -3.58. The van der Waals surface area contributed by atoms with Gasteiger partial charge in [-0.25, -0.2) is 9.67 Å². The molecule has 4 aromatic rings. The highest BCUT2D eigenvalue weighted by Gasteiger charge is 2.14. The summed E-state index contributed by atoms with van der Waals surface area (Å²) in [6.07, 6.45) is 1.54. The number of anilines is 1. The lowest BCUT2D eigenvalue weighted by Gasteiger charge is -2.06. The number of aryl methyl sites for hydroxylation is 2. The fourth-order valence-corrected chi connectivity index (χ4v) is 3.16. The summed E-state index contributed by atoms with van der Waals surface area (Å²) >= 11 is 6.00. The van der Waals surface area contributed by atoms with Gasteiger partial charge in [-0.15, -0.1) is 5.10 Å². The largest absolute Gasteiger partial charge is 0.486 e. The molecule has 4 rings (SSSR count). The average molecular weight is 437 g/mol. The molecule has 0 spiro atoms. The number of aromatic nitrogens is 3. The number of hydrogen-bond acceptors (Lipinski definition) is 5. The molecule has 0 aliphatic rings. The summed E-state index contributed by atoms with van der Waals surface area (Å²) in [5.74, 6) is 1.21. The van der Waals surface area contributed by atoms with E-state index in [0.29, 0.717) is 17.3 Å². The first-order valence-electron chi connectivity index (χ1n) is 9.70. The molecule has 7 nitrogen and oxygen atoms in total. The summed E-state index contributed by atoms with van der Waals surface area (Å²) in [6, 6.07) is 16.7. The lowest BCUT2D eigenvalue weighted by molar-refractivity contribution is 0.0991. The molecule has 0 saturated heterocycles. The Morgan fingerprint density at radius 1 is 1.13 bits per heavy atom. The van der Waals surface area contributed by atoms with Crippen molar-refractivity contribution < 1.29 is 13.9 Å². The monoisotopic (exact) mass is 436 g/mol. The topological polar surface area (TPSA) is 82.2 Å². The average Bonchev–Trinajstić information content (AvgIpc) is 3.38. The molecule has 0 saturated carbocycles. The molecule has 31 heavy (non-hydrogen) atoms. The van der Waals surface area contributed by atoms with E-state index in [0.717, 1.165) is 16.9 Å². The molecule has 158 valence electrons. The van der Waals surface area contributed by atoms with Crippen molar-refractivity contribution in [1.29, 1.82) is 0 Å². The van der Waals surface area contributed by atoms with Crippen molar-refractivity contribution in [3.05, 3.63) is 94.2 Å². The van der Waals surface area contributed by atoms with E-state index in [1.807, 2.05) is 56.3 Å². The van der Waals surface area contributed by atoms with Crippen LogP contribution in [0, 0.1) is 13.8 Å². The van der Waals surface area contributed by atoms with Gasteiger partial charge in [0, 0.05) is 5.02 Å². The zero-order chi connectivity index (χ0) is 21.8. The molecule has 0 radical (unpaired) electrons. The summed E-state index contributed by atoms with van der Waals surface area (Å²) in [4.78, 5) is 16.6. The Morgan fingerprint density at radius 3 is 2.81 bits per heavy atom. The van der Waals surface area contributed by atoms with Crippen molar-refractivity contribution in [2.24, 2.45) is 0 Å². The summed E-state index contributed by atoms with van der Waals surface area (Å²) in [5, 5.41) is 7.55. The first-order chi connectivity index (χ1) is 15.0. The third-order valence-corrected chi connectivity index (χ3v) is 4.98. The van der Waals surface area contributed by atoms with E-state index in [4.69, 9.17) is 20.8 Å². The molecular weight excluding hydrogens is 416 g/mol. The van der Waals surface area contributed by atoms with Crippen molar-refractivity contribution in [3.63, 3.8) is 0 Å². The van der Waals surface area contributed by atoms with E-state index >= 15 is 0 Å². The van der Waals surface area contributed by atoms with Crippen LogP contribution in [0.5, 0.6) is 5.75 Å². The SMILES string of the molecule is Cc1ccc(OCc2ccc(C(=O)Nc3ncn(Cc4cccc(Cl)c4)n3)o2)cc1C. The second-order valence-electron chi connectivity index (χ2n) is 7.15. The van der Waals surface area contributed by atoms with Crippen LogP contribution in [-0.2, 0) is 13.2 Å². The van der Waals surface area contributed by atoms with Gasteiger partial charge in [-0.3, -0.25) is 10.1 Å². The van der Waals surface area contributed by atoms with E-state index in [2.05, 4.69) is 15.4 Å². The zero-order valence-electron chi connectivity index (χ0n) is 17.1. The molecule has 2 aromatic heterocycles. The highest BCUT2D eigenvalue weighted by molar-refractivity contribution is 6.30. The molecule has 1 N–H and O–H groups in total. The van der Waals surface area contributed by atoms with Crippen LogP contribution in [0.4, 0.5) is 5.95 Å². The predicted octanol–water partition coefficient (Wildman–Crippen LogP) is 5.02. The molecule has 0 fully saturated rings. The van der Waals surface area contributed by atoms with Gasteiger partial charge in [0.05, 0.1) is 6.54 Å². The number of nitrogens with zero attached hydrogens (tertiary/aromatic N) is 3.